The Bertz CT molecular complexity index is 727. The van der Waals surface area contributed by atoms with Crippen LogP contribution in [0.15, 0.2) is 0 Å². The molecule has 0 radical (unpaired) electrons. The molecule has 0 bridgehead atoms. The van der Waals surface area contributed by atoms with Crippen molar-refractivity contribution < 1.29 is 13.6 Å². The second-order valence-corrected chi connectivity index (χ2v) is 6.51. The fourth-order valence-corrected chi connectivity index (χ4v) is 3.76. The van der Waals surface area contributed by atoms with Crippen molar-refractivity contribution in [3.8, 4) is 0 Å². The average molecular weight is 341 g/mol. The van der Waals surface area contributed by atoms with E-state index in [0.717, 1.165) is 23.5 Å². The number of aromatic nitrogens is 4. The first-order chi connectivity index (χ1) is 11.0. The third-order valence-electron chi connectivity index (χ3n) is 3.76. The number of thiazole rings is 1. The Morgan fingerprint density at radius 2 is 2.13 bits per heavy atom. The second-order valence-electron chi connectivity index (χ2n) is 5.43. The van der Waals surface area contributed by atoms with Gasteiger partial charge in [0.25, 0.3) is 12.3 Å². The number of aryl methyl sites for hydroxylation is 2. The maximum Gasteiger partial charge on any atom is 0.297 e. The predicted octanol–water partition coefficient (Wildman–Crippen LogP) is 2.59. The largest absolute Gasteiger partial charge is 0.329 e. The van der Waals surface area contributed by atoms with Crippen molar-refractivity contribution in [1.82, 2.24) is 24.6 Å². The molecule has 0 aromatic carbocycles. The number of fused-ring (bicyclic) bond motifs is 1. The van der Waals surface area contributed by atoms with E-state index in [-0.39, 0.29) is 24.8 Å². The number of alkyl halides is 2. The summed E-state index contributed by atoms with van der Waals surface area (Å²) in [5.41, 5.74) is 0.726. The molecule has 6 nitrogen and oxygen atoms in total. The highest BCUT2D eigenvalue weighted by Gasteiger charge is 2.29. The van der Waals surface area contributed by atoms with Crippen molar-refractivity contribution in [3.05, 3.63) is 27.2 Å². The fourth-order valence-electron chi connectivity index (χ4n) is 2.63. The summed E-state index contributed by atoms with van der Waals surface area (Å²) < 4.78 is 27.1. The zero-order valence-corrected chi connectivity index (χ0v) is 13.7. The van der Waals surface area contributed by atoms with Crippen LogP contribution >= 0.6 is 11.3 Å². The Morgan fingerprint density at radius 3 is 2.83 bits per heavy atom. The summed E-state index contributed by atoms with van der Waals surface area (Å²) in [6, 6.07) is 0. The van der Waals surface area contributed by atoms with Crippen molar-refractivity contribution in [1.29, 1.82) is 0 Å². The first-order valence-corrected chi connectivity index (χ1v) is 8.28. The van der Waals surface area contributed by atoms with Crippen LogP contribution in [0.3, 0.4) is 0 Å². The van der Waals surface area contributed by atoms with Gasteiger partial charge < -0.3 is 9.47 Å². The number of carbonyl (C=O) groups excluding carboxylic acids is 1. The highest BCUT2D eigenvalue weighted by molar-refractivity contribution is 7.13. The molecule has 0 unspecified atom stereocenters. The van der Waals surface area contributed by atoms with Crippen molar-refractivity contribution in [2.45, 2.75) is 46.2 Å². The summed E-state index contributed by atoms with van der Waals surface area (Å²) >= 11 is 1.41. The van der Waals surface area contributed by atoms with Crippen LogP contribution < -0.4 is 0 Å². The number of rotatable bonds is 4. The van der Waals surface area contributed by atoms with Crippen molar-refractivity contribution in [2.24, 2.45) is 0 Å². The highest BCUT2D eigenvalue weighted by atomic mass is 32.1. The third kappa shape index (κ3) is 2.97. The molecule has 2 aromatic heterocycles. The number of amides is 1. The summed E-state index contributed by atoms with van der Waals surface area (Å²) in [5, 5.41) is 8.27. The van der Waals surface area contributed by atoms with Crippen LogP contribution in [0.5, 0.6) is 0 Å². The van der Waals surface area contributed by atoms with Gasteiger partial charge in [0.15, 0.2) is 11.6 Å². The van der Waals surface area contributed by atoms with Gasteiger partial charge in [0.05, 0.1) is 17.2 Å². The molecule has 124 valence electrons. The maximum absolute atomic E-state index is 12.8. The molecular formula is C14H17F2N5OS. The van der Waals surface area contributed by atoms with Crippen molar-refractivity contribution in [3.63, 3.8) is 0 Å². The lowest BCUT2D eigenvalue weighted by Crippen LogP contribution is -2.38. The van der Waals surface area contributed by atoms with Gasteiger partial charge in [-0.2, -0.15) is 0 Å². The van der Waals surface area contributed by atoms with Crippen LogP contribution in [-0.2, 0) is 19.5 Å². The Morgan fingerprint density at radius 1 is 1.35 bits per heavy atom. The summed E-state index contributed by atoms with van der Waals surface area (Å²) in [4.78, 5) is 19.3. The molecule has 1 aliphatic heterocycles. The van der Waals surface area contributed by atoms with Gasteiger partial charge in [0.1, 0.15) is 4.88 Å². The van der Waals surface area contributed by atoms with Crippen LogP contribution in [-0.4, -0.2) is 37.1 Å². The summed E-state index contributed by atoms with van der Waals surface area (Å²) in [7, 11) is 0. The zero-order valence-electron chi connectivity index (χ0n) is 12.9. The third-order valence-corrected chi connectivity index (χ3v) is 4.97. The van der Waals surface area contributed by atoms with Crippen molar-refractivity contribution in [2.75, 3.05) is 6.54 Å². The molecule has 3 rings (SSSR count). The van der Waals surface area contributed by atoms with Crippen LogP contribution in [0.2, 0.25) is 0 Å². The van der Waals surface area contributed by atoms with E-state index in [2.05, 4.69) is 22.1 Å². The first kappa shape index (κ1) is 16.0. The lowest BCUT2D eigenvalue weighted by molar-refractivity contribution is 0.0703. The molecular weight excluding hydrogens is 324 g/mol. The van der Waals surface area contributed by atoms with E-state index in [4.69, 9.17) is 0 Å². The minimum atomic E-state index is -2.65. The summed E-state index contributed by atoms with van der Waals surface area (Å²) in [6.45, 7) is 4.73. The fraction of sp³-hybridized carbons (Fsp3) is 0.571. The Balaban J connectivity index is 1.79. The minimum Gasteiger partial charge on any atom is -0.329 e. The van der Waals surface area contributed by atoms with E-state index in [1.165, 1.54) is 15.9 Å². The van der Waals surface area contributed by atoms with E-state index in [0.29, 0.717) is 17.2 Å². The topological polar surface area (TPSA) is 63.9 Å². The number of halogens is 2. The molecule has 0 N–H and O–H groups in total. The lowest BCUT2D eigenvalue weighted by atomic mass is 10.3. The van der Waals surface area contributed by atoms with Crippen molar-refractivity contribution >= 4 is 17.2 Å². The molecule has 0 aliphatic carbocycles. The van der Waals surface area contributed by atoms with Crippen LogP contribution in [0.25, 0.3) is 0 Å². The van der Waals surface area contributed by atoms with Crippen LogP contribution in [0, 0.1) is 6.92 Å². The molecule has 0 fully saturated rings. The molecule has 1 aliphatic rings. The maximum atomic E-state index is 12.8. The average Bonchev–Trinajstić information content (AvgIpc) is 3.09. The molecule has 3 heterocycles. The Labute approximate surface area is 136 Å². The number of hydrogen-bond acceptors (Lipinski definition) is 5. The van der Waals surface area contributed by atoms with Crippen LogP contribution in [0.1, 0.15) is 51.8 Å². The predicted molar refractivity (Wildman–Crippen MR) is 80.6 cm³/mol. The van der Waals surface area contributed by atoms with E-state index >= 15 is 0 Å². The summed E-state index contributed by atoms with van der Waals surface area (Å²) in [6.07, 6.45) is -0.826. The van der Waals surface area contributed by atoms with Gasteiger partial charge in [0.2, 0.25) is 0 Å². The second kappa shape index (κ2) is 6.31. The van der Waals surface area contributed by atoms with Gasteiger partial charge >= 0.3 is 0 Å². The molecule has 0 saturated carbocycles. The zero-order chi connectivity index (χ0) is 16.6. The number of carbonyl (C=O) groups is 1. The smallest absolute Gasteiger partial charge is 0.297 e. The number of hydrogen-bond donors (Lipinski definition) is 0. The Kier molecular flexibility index (Phi) is 4.38. The van der Waals surface area contributed by atoms with E-state index < -0.39 is 6.43 Å². The lowest BCUT2D eigenvalue weighted by Gasteiger charge is -2.27. The molecule has 0 saturated heterocycles. The summed E-state index contributed by atoms with van der Waals surface area (Å²) in [5.74, 6) is -0.0441. The Hall–Kier alpha value is -1.90. The molecule has 9 heteroatoms. The number of nitrogens with zero attached hydrogens (tertiary/aromatic N) is 5. The van der Waals surface area contributed by atoms with Gasteiger partial charge in [-0.15, -0.1) is 21.5 Å². The van der Waals surface area contributed by atoms with Gasteiger partial charge in [-0.3, -0.25) is 4.79 Å². The standard InChI is InChI=1S/C14H17F2N5OS/c1-3-4-10-17-8(2)11(23-10)14(22)20-5-6-21-9(7-20)18-19-13(21)12(15)16/h12H,3-7H2,1-2H3. The van der Waals surface area contributed by atoms with Gasteiger partial charge in [0, 0.05) is 13.1 Å². The van der Waals surface area contributed by atoms with E-state index in [1.54, 1.807) is 4.90 Å². The normalized spacial score (nSPS) is 14.4. The van der Waals surface area contributed by atoms with E-state index in [1.807, 2.05) is 6.92 Å². The molecule has 23 heavy (non-hydrogen) atoms. The minimum absolute atomic E-state index is 0.116. The van der Waals surface area contributed by atoms with Gasteiger partial charge in [-0.05, 0) is 19.8 Å². The first-order valence-electron chi connectivity index (χ1n) is 7.47. The molecule has 1 amide bonds. The molecule has 0 spiro atoms. The highest BCUT2D eigenvalue weighted by Crippen LogP contribution is 2.25. The van der Waals surface area contributed by atoms with Crippen LogP contribution in [0.4, 0.5) is 8.78 Å². The monoisotopic (exact) mass is 341 g/mol. The van der Waals surface area contributed by atoms with Gasteiger partial charge in [-0.1, -0.05) is 6.92 Å². The SMILES string of the molecule is CCCc1nc(C)c(C(=O)N2CCn3c(nnc3C(F)F)C2)s1. The quantitative estimate of drug-likeness (QED) is 0.857. The van der Waals surface area contributed by atoms with E-state index in [9.17, 15) is 13.6 Å². The van der Waals surface area contributed by atoms with Gasteiger partial charge in [-0.25, -0.2) is 13.8 Å². The molecule has 0 atom stereocenters. The molecule has 2 aromatic rings.